The molecule has 1 unspecified atom stereocenters. The van der Waals surface area contributed by atoms with Gasteiger partial charge in [-0.05, 0) is 62.9 Å². The molecule has 0 radical (unpaired) electrons. The Kier molecular flexibility index (Phi) is 7.88. The van der Waals surface area contributed by atoms with Gasteiger partial charge in [0.15, 0.2) is 0 Å². The highest BCUT2D eigenvalue weighted by molar-refractivity contribution is 7.89. The number of rotatable bonds is 5. The van der Waals surface area contributed by atoms with E-state index in [0.29, 0.717) is 31.1 Å². The second-order valence-corrected chi connectivity index (χ2v) is 8.85. The van der Waals surface area contributed by atoms with E-state index in [-0.39, 0.29) is 23.2 Å². The molecule has 0 aliphatic carbocycles. The summed E-state index contributed by atoms with van der Waals surface area (Å²) in [7, 11) is -3.51. The smallest absolute Gasteiger partial charge is 0.251 e. The minimum atomic E-state index is -3.51. The third kappa shape index (κ3) is 5.19. The van der Waals surface area contributed by atoms with Crippen LogP contribution >= 0.6 is 12.4 Å². The zero-order valence-corrected chi connectivity index (χ0v) is 16.6. The van der Waals surface area contributed by atoms with Crippen molar-refractivity contribution in [2.75, 3.05) is 32.7 Å². The van der Waals surface area contributed by atoms with E-state index in [1.54, 1.807) is 18.2 Å². The lowest BCUT2D eigenvalue weighted by Crippen LogP contribution is -2.38. The number of benzene rings is 1. The molecule has 2 aliphatic rings. The number of hydrogen-bond donors (Lipinski definition) is 2. The van der Waals surface area contributed by atoms with Crippen molar-refractivity contribution >= 4 is 28.3 Å². The van der Waals surface area contributed by atoms with Crippen LogP contribution in [0.4, 0.5) is 0 Å². The van der Waals surface area contributed by atoms with E-state index in [9.17, 15) is 13.2 Å². The maximum absolute atomic E-state index is 12.8. The van der Waals surface area contributed by atoms with Crippen LogP contribution in [0.5, 0.6) is 0 Å². The Morgan fingerprint density at radius 1 is 1.19 bits per heavy atom. The molecule has 2 fully saturated rings. The maximum atomic E-state index is 12.8. The van der Waals surface area contributed by atoms with Gasteiger partial charge in [0.05, 0.1) is 4.90 Å². The summed E-state index contributed by atoms with van der Waals surface area (Å²) in [5.41, 5.74) is 0.404. The van der Waals surface area contributed by atoms with Crippen molar-refractivity contribution in [2.45, 2.75) is 37.0 Å². The van der Waals surface area contributed by atoms with E-state index < -0.39 is 10.0 Å². The van der Waals surface area contributed by atoms with Crippen LogP contribution < -0.4 is 10.6 Å². The topological polar surface area (TPSA) is 78.5 Å². The maximum Gasteiger partial charge on any atom is 0.251 e. The van der Waals surface area contributed by atoms with E-state index in [1.807, 2.05) is 0 Å². The lowest BCUT2D eigenvalue weighted by atomic mass is 10.00. The summed E-state index contributed by atoms with van der Waals surface area (Å²) < 4.78 is 27.0. The second-order valence-electron chi connectivity index (χ2n) is 6.91. The van der Waals surface area contributed by atoms with Gasteiger partial charge in [-0.1, -0.05) is 12.5 Å². The van der Waals surface area contributed by atoms with Gasteiger partial charge >= 0.3 is 0 Å². The van der Waals surface area contributed by atoms with E-state index in [4.69, 9.17) is 0 Å². The quantitative estimate of drug-likeness (QED) is 0.791. The number of carbonyl (C=O) groups is 1. The van der Waals surface area contributed by atoms with Gasteiger partial charge < -0.3 is 10.6 Å². The van der Waals surface area contributed by atoms with Crippen LogP contribution in [0.2, 0.25) is 0 Å². The minimum Gasteiger partial charge on any atom is -0.352 e. The molecule has 0 aromatic heterocycles. The average Bonchev–Trinajstić information content (AvgIpc) is 2.67. The van der Waals surface area contributed by atoms with Crippen LogP contribution in [-0.4, -0.2) is 51.4 Å². The minimum absolute atomic E-state index is 0. The molecule has 2 saturated heterocycles. The number of nitrogens with zero attached hydrogens (tertiary/aromatic N) is 1. The molecule has 1 atom stereocenters. The molecule has 2 N–H and O–H groups in total. The van der Waals surface area contributed by atoms with Gasteiger partial charge in [0.2, 0.25) is 10.0 Å². The third-order valence-corrected chi connectivity index (χ3v) is 6.89. The standard InChI is InChI=1S/C18H27N3O3S.ClH/c22-18(20-14-15-6-5-9-19-13-15)16-7-4-8-17(12-16)25(23,24)21-10-2-1-3-11-21;/h4,7-8,12,15,19H,1-3,5-6,9-11,13-14H2,(H,20,22);1H. The first-order valence-electron chi connectivity index (χ1n) is 9.16. The number of carbonyl (C=O) groups excluding carboxylic acids is 1. The van der Waals surface area contributed by atoms with Crippen molar-refractivity contribution in [1.29, 1.82) is 0 Å². The highest BCUT2D eigenvalue weighted by Crippen LogP contribution is 2.21. The highest BCUT2D eigenvalue weighted by atomic mass is 35.5. The molecule has 2 heterocycles. The highest BCUT2D eigenvalue weighted by Gasteiger charge is 2.26. The Labute approximate surface area is 162 Å². The molecule has 0 saturated carbocycles. The number of piperidine rings is 2. The number of halogens is 1. The number of nitrogens with one attached hydrogen (secondary N) is 2. The van der Waals surface area contributed by atoms with Crippen LogP contribution in [0.25, 0.3) is 0 Å². The van der Waals surface area contributed by atoms with E-state index in [1.165, 1.54) is 10.4 Å². The van der Waals surface area contributed by atoms with Crippen molar-refractivity contribution in [2.24, 2.45) is 5.92 Å². The van der Waals surface area contributed by atoms with Crippen molar-refractivity contribution in [3.8, 4) is 0 Å². The summed E-state index contributed by atoms with van der Waals surface area (Å²) in [6.45, 7) is 3.71. The van der Waals surface area contributed by atoms with Crippen LogP contribution in [0, 0.1) is 5.92 Å². The SMILES string of the molecule is Cl.O=C(NCC1CCCNC1)c1cccc(S(=O)(=O)N2CCCCC2)c1. The van der Waals surface area contributed by atoms with Crippen LogP contribution in [0.1, 0.15) is 42.5 Å². The summed E-state index contributed by atoms with van der Waals surface area (Å²) in [6.07, 6.45) is 5.11. The molecule has 8 heteroatoms. The van der Waals surface area contributed by atoms with Crippen molar-refractivity contribution in [1.82, 2.24) is 14.9 Å². The number of sulfonamides is 1. The van der Waals surface area contributed by atoms with Crippen molar-refractivity contribution < 1.29 is 13.2 Å². The molecule has 0 bridgehead atoms. The molecule has 146 valence electrons. The first-order chi connectivity index (χ1) is 12.1. The third-order valence-electron chi connectivity index (χ3n) is 5.00. The molecule has 3 rings (SSSR count). The zero-order chi connectivity index (χ0) is 17.7. The van der Waals surface area contributed by atoms with Gasteiger partial charge in [-0.2, -0.15) is 4.31 Å². The van der Waals surface area contributed by atoms with E-state index >= 15 is 0 Å². The Bertz CT molecular complexity index is 699. The summed E-state index contributed by atoms with van der Waals surface area (Å²) in [5, 5.41) is 6.27. The summed E-state index contributed by atoms with van der Waals surface area (Å²) in [4.78, 5) is 12.6. The van der Waals surface area contributed by atoms with Gasteiger partial charge in [-0.15, -0.1) is 12.4 Å². The Morgan fingerprint density at radius 3 is 2.65 bits per heavy atom. The summed E-state index contributed by atoms with van der Waals surface area (Å²) in [5.74, 6) is 0.235. The molecule has 0 spiro atoms. The van der Waals surface area contributed by atoms with Crippen LogP contribution in [0.15, 0.2) is 29.2 Å². The molecular formula is C18H28ClN3O3S. The number of hydrogen-bond acceptors (Lipinski definition) is 4. The predicted octanol–water partition coefficient (Wildman–Crippen LogP) is 2.01. The lowest BCUT2D eigenvalue weighted by Gasteiger charge is -2.26. The fourth-order valence-corrected chi connectivity index (χ4v) is 5.05. The molecule has 1 amide bonds. The normalized spacial score (nSPS) is 21.6. The predicted molar refractivity (Wildman–Crippen MR) is 104 cm³/mol. The molecule has 2 aliphatic heterocycles. The first kappa shape index (κ1) is 21.2. The monoisotopic (exact) mass is 401 g/mol. The molecule has 1 aromatic carbocycles. The van der Waals surface area contributed by atoms with E-state index in [2.05, 4.69) is 10.6 Å². The largest absolute Gasteiger partial charge is 0.352 e. The second kappa shape index (κ2) is 9.69. The van der Waals surface area contributed by atoms with E-state index in [0.717, 1.165) is 45.2 Å². The van der Waals surface area contributed by atoms with Gasteiger partial charge in [0, 0.05) is 25.2 Å². The molecule has 1 aromatic rings. The van der Waals surface area contributed by atoms with Crippen molar-refractivity contribution in [3.05, 3.63) is 29.8 Å². The molecule has 6 nitrogen and oxygen atoms in total. The lowest BCUT2D eigenvalue weighted by molar-refractivity contribution is 0.0944. The van der Waals surface area contributed by atoms with Crippen LogP contribution in [0.3, 0.4) is 0 Å². The number of amides is 1. The fraction of sp³-hybridized carbons (Fsp3) is 0.611. The van der Waals surface area contributed by atoms with Crippen molar-refractivity contribution in [3.63, 3.8) is 0 Å². The van der Waals surface area contributed by atoms with Gasteiger partial charge in [0.25, 0.3) is 5.91 Å². The Hall–Kier alpha value is -1.15. The zero-order valence-electron chi connectivity index (χ0n) is 14.9. The van der Waals surface area contributed by atoms with Crippen LogP contribution in [-0.2, 0) is 10.0 Å². The molecular weight excluding hydrogens is 374 g/mol. The summed E-state index contributed by atoms with van der Waals surface area (Å²) >= 11 is 0. The van der Waals surface area contributed by atoms with Gasteiger partial charge in [0.1, 0.15) is 0 Å². The fourth-order valence-electron chi connectivity index (χ4n) is 3.49. The van der Waals surface area contributed by atoms with Gasteiger partial charge in [-0.3, -0.25) is 4.79 Å². The van der Waals surface area contributed by atoms with Gasteiger partial charge in [-0.25, -0.2) is 8.42 Å². The first-order valence-corrected chi connectivity index (χ1v) is 10.6. The summed E-state index contributed by atoms with van der Waals surface area (Å²) in [6, 6.07) is 6.39. The molecule has 26 heavy (non-hydrogen) atoms. The average molecular weight is 402 g/mol. The Morgan fingerprint density at radius 2 is 1.96 bits per heavy atom. The Balaban J connectivity index is 0.00000243.